The van der Waals surface area contributed by atoms with Crippen molar-refractivity contribution in [3.8, 4) is 0 Å². The predicted molar refractivity (Wildman–Crippen MR) is 99.0 cm³/mol. The molecule has 0 radical (unpaired) electrons. The van der Waals surface area contributed by atoms with Gasteiger partial charge in [0.15, 0.2) is 0 Å². The van der Waals surface area contributed by atoms with Crippen LogP contribution in [0.5, 0.6) is 0 Å². The van der Waals surface area contributed by atoms with Crippen molar-refractivity contribution in [3.05, 3.63) is 84.4 Å². The smallest absolute Gasteiger partial charge is 0.261 e. The van der Waals surface area contributed by atoms with Crippen molar-refractivity contribution in [1.82, 2.24) is 0 Å². The Morgan fingerprint density at radius 1 is 0.760 bits per heavy atom. The van der Waals surface area contributed by atoms with Gasteiger partial charge in [-0.1, -0.05) is 48.0 Å². The molecule has 0 atom stereocenters. The van der Waals surface area contributed by atoms with Crippen molar-refractivity contribution < 1.29 is 8.42 Å². The average molecular weight is 351 g/mol. The minimum atomic E-state index is -3.69. The summed E-state index contributed by atoms with van der Waals surface area (Å²) in [6.07, 6.45) is 0. The van der Waals surface area contributed by atoms with E-state index < -0.39 is 10.0 Å². The Labute approximate surface area is 147 Å². The van der Waals surface area contributed by atoms with E-state index in [9.17, 15) is 8.42 Å². The van der Waals surface area contributed by atoms with Gasteiger partial charge < -0.3 is 0 Å². The molecule has 0 aliphatic heterocycles. The van der Waals surface area contributed by atoms with Gasteiger partial charge in [0, 0.05) is 0 Å². The fourth-order valence-electron chi connectivity index (χ4n) is 2.17. The number of sulfonamides is 1. The van der Waals surface area contributed by atoms with Crippen LogP contribution in [0.15, 0.2) is 94.0 Å². The summed E-state index contributed by atoms with van der Waals surface area (Å²) >= 11 is 0. The molecule has 0 bridgehead atoms. The van der Waals surface area contributed by atoms with Crippen LogP contribution in [0, 0.1) is 6.92 Å². The molecule has 1 N–H and O–H groups in total. The molecule has 5 nitrogen and oxygen atoms in total. The third kappa shape index (κ3) is 4.30. The van der Waals surface area contributed by atoms with Gasteiger partial charge in [-0.05, 0) is 43.3 Å². The van der Waals surface area contributed by atoms with E-state index in [-0.39, 0.29) is 4.90 Å². The van der Waals surface area contributed by atoms with Gasteiger partial charge in [-0.3, -0.25) is 4.72 Å². The van der Waals surface area contributed by atoms with E-state index in [2.05, 4.69) is 15.0 Å². The molecule has 0 aliphatic carbocycles. The monoisotopic (exact) mass is 351 g/mol. The number of anilines is 1. The first-order valence-electron chi connectivity index (χ1n) is 7.70. The van der Waals surface area contributed by atoms with Crippen LogP contribution in [0.2, 0.25) is 0 Å². The highest BCUT2D eigenvalue weighted by Crippen LogP contribution is 2.28. The lowest BCUT2D eigenvalue weighted by Crippen LogP contribution is -2.12. The fraction of sp³-hybridized carbons (Fsp3) is 0.0526. The number of nitrogens with one attached hydrogen (secondary N) is 1. The lowest BCUT2D eigenvalue weighted by molar-refractivity contribution is 0.601. The normalized spacial score (nSPS) is 11.6. The number of rotatable bonds is 5. The lowest BCUT2D eigenvalue weighted by Gasteiger charge is -2.10. The van der Waals surface area contributed by atoms with Crippen LogP contribution in [0.4, 0.5) is 17.1 Å². The number of aryl methyl sites for hydroxylation is 1. The van der Waals surface area contributed by atoms with Crippen molar-refractivity contribution in [2.75, 3.05) is 4.72 Å². The van der Waals surface area contributed by atoms with Gasteiger partial charge in [-0.2, -0.15) is 5.11 Å². The van der Waals surface area contributed by atoms with E-state index in [0.29, 0.717) is 17.1 Å². The van der Waals surface area contributed by atoms with Gasteiger partial charge >= 0.3 is 0 Å². The summed E-state index contributed by atoms with van der Waals surface area (Å²) in [6.45, 7) is 1.91. The highest BCUT2D eigenvalue weighted by atomic mass is 32.2. The number of azo groups is 1. The van der Waals surface area contributed by atoms with Gasteiger partial charge in [0.05, 0.1) is 16.3 Å². The number of para-hydroxylation sites is 1. The van der Waals surface area contributed by atoms with Crippen LogP contribution in [0.25, 0.3) is 0 Å². The second-order valence-corrected chi connectivity index (χ2v) is 7.15. The molecular weight excluding hydrogens is 334 g/mol. The molecule has 0 heterocycles. The Balaban J connectivity index is 1.88. The van der Waals surface area contributed by atoms with Crippen molar-refractivity contribution in [2.45, 2.75) is 11.8 Å². The first kappa shape index (κ1) is 16.9. The largest absolute Gasteiger partial charge is 0.277 e. The van der Waals surface area contributed by atoms with E-state index in [1.165, 1.54) is 0 Å². The number of hydrogen-bond acceptors (Lipinski definition) is 4. The molecule has 3 rings (SSSR count). The lowest BCUT2D eigenvalue weighted by atomic mass is 10.2. The standard InChI is InChI=1S/C19H17N3O2S/c1-15-11-13-17(14-12-15)25(23,24)22-19-10-6-5-9-18(19)21-20-16-7-3-2-4-8-16/h2-14,22H,1H3. The second-order valence-electron chi connectivity index (χ2n) is 5.47. The summed E-state index contributed by atoms with van der Waals surface area (Å²) in [5.74, 6) is 0. The molecule has 0 unspecified atom stereocenters. The quantitative estimate of drug-likeness (QED) is 0.641. The molecule has 6 heteroatoms. The van der Waals surface area contributed by atoms with Crippen LogP contribution in [0.1, 0.15) is 5.56 Å². The second kappa shape index (κ2) is 7.27. The van der Waals surface area contributed by atoms with Gasteiger partial charge in [-0.25, -0.2) is 8.42 Å². The number of nitrogens with zero attached hydrogens (tertiary/aromatic N) is 2. The van der Waals surface area contributed by atoms with E-state index in [4.69, 9.17) is 0 Å². The molecule has 0 aromatic heterocycles. The molecule has 0 fully saturated rings. The molecule has 0 amide bonds. The van der Waals surface area contributed by atoms with Gasteiger partial charge in [-0.15, -0.1) is 5.11 Å². The molecule has 0 spiro atoms. The van der Waals surface area contributed by atoms with E-state index >= 15 is 0 Å². The SMILES string of the molecule is Cc1ccc(S(=O)(=O)Nc2ccccc2N=Nc2ccccc2)cc1. The summed E-state index contributed by atoms with van der Waals surface area (Å²) in [5, 5.41) is 8.31. The van der Waals surface area contributed by atoms with E-state index in [1.54, 1.807) is 48.5 Å². The maximum atomic E-state index is 12.6. The van der Waals surface area contributed by atoms with E-state index in [1.807, 2.05) is 37.3 Å². The Morgan fingerprint density at radius 2 is 1.40 bits per heavy atom. The number of benzene rings is 3. The van der Waals surface area contributed by atoms with Crippen molar-refractivity contribution in [3.63, 3.8) is 0 Å². The Bertz CT molecular complexity index is 983. The van der Waals surface area contributed by atoms with Crippen LogP contribution in [-0.4, -0.2) is 8.42 Å². The van der Waals surface area contributed by atoms with Gasteiger partial charge in [0.2, 0.25) is 0 Å². The average Bonchev–Trinajstić information content (AvgIpc) is 2.62. The van der Waals surface area contributed by atoms with Crippen molar-refractivity contribution in [2.24, 2.45) is 10.2 Å². The predicted octanol–water partition coefficient (Wildman–Crippen LogP) is 5.21. The van der Waals surface area contributed by atoms with Crippen LogP contribution >= 0.6 is 0 Å². The van der Waals surface area contributed by atoms with Gasteiger partial charge in [0.25, 0.3) is 10.0 Å². The first-order valence-corrected chi connectivity index (χ1v) is 9.18. The van der Waals surface area contributed by atoms with Crippen LogP contribution in [-0.2, 0) is 10.0 Å². The highest BCUT2D eigenvalue weighted by Gasteiger charge is 2.15. The third-order valence-electron chi connectivity index (χ3n) is 3.51. The zero-order valence-corrected chi connectivity index (χ0v) is 14.4. The van der Waals surface area contributed by atoms with Crippen molar-refractivity contribution >= 4 is 27.1 Å². The molecule has 25 heavy (non-hydrogen) atoms. The summed E-state index contributed by atoms with van der Waals surface area (Å²) in [6, 6.07) is 22.8. The Morgan fingerprint density at radius 3 is 2.12 bits per heavy atom. The highest BCUT2D eigenvalue weighted by molar-refractivity contribution is 7.92. The first-order chi connectivity index (χ1) is 12.0. The van der Waals surface area contributed by atoms with Crippen molar-refractivity contribution in [1.29, 1.82) is 0 Å². The maximum Gasteiger partial charge on any atom is 0.261 e. The molecule has 3 aromatic rings. The number of hydrogen-bond donors (Lipinski definition) is 1. The molecular formula is C19H17N3O2S. The fourth-order valence-corrected chi connectivity index (χ4v) is 3.25. The summed E-state index contributed by atoms with van der Waals surface area (Å²) in [5.41, 5.74) is 2.51. The third-order valence-corrected chi connectivity index (χ3v) is 4.89. The van der Waals surface area contributed by atoms with E-state index in [0.717, 1.165) is 5.56 Å². The molecule has 0 saturated heterocycles. The zero-order valence-electron chi connectivity index (χ0n) is 13.6. The Hall–Kier alpha value is -2.99. The Kier molecular flexibility index (Phi) is 4.90. The van der Waals surface area contributed by atoms with Gasteiger partial charge in [0.1, 0.15) is 5.69 Å². The molecule has 126 valence electrons. The molecule has 0 aliphatic rings. The molecule has 3 aromatic carbocycles. The van der Waals surface area contributed by atoms with Crippen LogP contribution < -0.4 is 4.72 Å². The topological polar surface area (TPSA) is 70.9 Å². The van der Waals surface area contributed by atoms with Crippen LogP contribution in [0.3, 0.4) is 0 Å². The summed E-state index contributed by atoms with van der Waals surface area (Å²) in [7, 11) is -3.69. The minimum Gasteiger partial charge on any atom is -0.277 e. The zero-order chi connectivity index (χ0) is 17.7. The minimum absolute atomic E-state index is 0.202. The maximum absolute atomic E-state index is 12.6. The molecule has 0 saturated carbocycles. The summed E-state index contributed by atoms with van der Waals surface area (Å²) in [4.78, 5) is 0.202. The summed E-state index contributed by atoms with van der Waals surface area (Å²) < 4.78 is 27.7.